The van der Waals surface area contributed by atoms with Gasteiger partial charge in [-0.25, -0.2) is 4.98 Å². The van der Waals surface area contributed by atoms with Crippen molar-refractivity contribution in [3.8, 4) is 0 Å². The third kappa shape index (κ3) is 4.09. The summed E-state index contributed by atoms with van der Waals surface area (Å²) in [6.45, 7) is 2.25. The molecule has 0 aliphatic rings. The molecule has 0 bridgehead atoms. The minimum absolute atomic E-state index is 0.121. The smallest absolute Gasteiger partial charge is 0.334 e. The minimum atomic E-state index is -0.522. The fourth-order valence-corrected chi connectivity index (χ4v) is 1.49. The molecule has 0 atom stereocenters. The molecule has 0 unspecified atom stereocenters. The van der Waals surface area contributed by atoms with Gasteiger partial charge < -0.3 is 15.4 Å². The molecule has 1 heterocycles. The first-order valence-corrected chi connectivity index (χ1v) is 5.80. The Morgan fingerprint density at radius 3 is 2.89 bits per heavy atom. The Hall–Kier alpha value is -2.38. The molecular weight excluding hydrogens is 252 g/mol. The maximum Gasteiger partial charge on any atom is 0.334 e. The van der Waals surface area contributed by atoms with E-state index in [1.807, 2.05) is 0 Å². The van der Waals surface area contributed by atoms with Crippen molar-refractivity contribution >= 4 is 23.2 Å². The number of carbonyl (C=O) groups is 1. The van der Waals surface area contributed by atoms with E-state index in [4.69, 9.17) is 4.74 Å². The number of rotatable bonds is 7. The molecule has 8 heteroatoms. The van der Waals surface area contributed by atoms with Crippen molar-refractivity contribution in [3.63, 3.8) is 0 Å². The first-order chi connectivity index (χ1) is 9.10. The van der Waals surface area contributed by atoms with Crippen molar-refractivity contribution in [1.29, 1.82) is 0 Å². The number of nitro groups is 1. The highest BCUT2D eigenvalue weighted by atomic mass is 16.6. The molecule has 0 amide bonds. The third-order valence-corrected chi connectivity index (χ3v) is 2.30. The van der Waals surface area contributed by atoms with Crippen LogP contribution < -0.4 is 10.6 Å². The summed E-state index contributed by atoms with van der Waals surface area (Å²) >= 11 is 0. The van der Waals surface area contributed by atoms with Gasteiger partial charge in [0.2, 0.25) is 5.82 Å². The summed E-state index contributed by atoms with van der Waals surface area (Å²) in [6, 6.07) is 1.51. The van der Waals surface area contributed by atoms with Crippen LogP contribution in [-0.4, -0.2) is 36.1 Å². The van der Waals surface area contributed by atoms with E-state index in [-0.39, 0.29) is 30.4 Å². The zero-order valence-corrected chi connectivity index (χ0v) is 10.8. The van der Waals surface area contributed by atoms with Crippen LogP contribution >= 0.6 is 0 Å². The normalized spacial score (nSPS) is 9.79. The van der Waals surface area contributed by atoms with E-state index >= 15 is 0 Å². The molecular formula is C11H16N4O4. The van der Waals surface area contributed by atoms with Crippen molar-refractivity contribution in [2.24, 2.45) is 0 Å². The largest absolute Gasteiger partial charge is 0.466 e. The molecule has 0 aliphatic carbocycles. The first-order valence-electron chi connectivity index (χ1n) is 5.80. The van der Waals surface area contributed by atoms with Crippen molar-refractivity contribution in [2.75, 3.05) is 30.8 Å². The van der Waals surface area contributed by atoms with Gasteiger partial charge in [-0.2, -0.15) is 0 Å². The Kier molecular flexibility index (Phi) is 5.52. The molecule has 0 aliphatic heterocycles. The zero-order valence-electron chi connectivity index (χ0n) is 10.8. The lowest BCUT2D eigenvalue weighted by Crippen LogP contribution is -2.13. The van der Waals surface area contributed by atoms with Crippen LogP contribution in [0.15, 0.2) is 12.3 Å². The number of esters is 1. The zero-order chi connectivity index (χ0) is 14.3. The van der Waals surface area contributed by atoms with E-state index in [0.717, 1.165) is 0 Å². The molecule has 1 rings (SSSR count). The summed E-state index contributed by atoms with van der Waals surface area (Å²) < 4.78 is 4.76. The monoisotopic (exact) mass is 268 g/mol. The molecule has 1 aromatic heterocycles. The summed E-state index contributed by atoms with van der Waals surface area (Å²) in [4.78, 5) is 25.5. The van der Waals surface area contributed by atoms with E-state index in [2.05, 4.69) is 15.6 Å². The summed E-state index contributed by atoms with van der Waals surface area (Å²) in [5, 5.41) is 16.5. The van der Waals surface area contributed by atoms with Crippen molar-refractivity contribution < 1.29 is 14.5 Å². The Morgan fingerprint density at radius 1 is 1.58 bits per heavy atom. The van der Waals surface area contributed by atoms with E-state index in [0.29, 0.717) is 12.3 Å². The Bertz CT molecular complexity index is 464. The van der Waals surface area contributed by atoms with Crippen LogP contribution in [0.5, 0.6) is 0 Å². The predicted octanol–water partition coefficient (Wildman–Crippen LogP) is 1.40. The number of ether oxygens (including phenoxy) is 1. The standard InChI is InChI=1S/C11H16N4O4/c1-3-19-9(16)5-7-14-11-10(15(17)18)8(12-2)4-6-13-11/h4,6H,3,5,7H2,1-2H3,(H2,12,13,14). The highest BCUT2D eigenvalue weighted by Crippen LogP contribution is 2.30. The molecule has 8 nitrogen and oxygen atoms in total. The number of carbonyl (C=O) groups excluding carboxylic acids is 1. The Balaban J connectivity index is 2.73. The second kappa shape index (κ2) is 7.14. The summed E-state index contributed by atoms with van der Waals surface area (Å²) in [6.07, 6.45) is 1.57. The van der Waals surface area contributed by atoms with Crippen LogP contribution in [0.3, 0.4) is 0 Å². The number of pyridine rings is 1. The van der Waals surface area contributed by atoms with Gasteiger partial charge in [0.1, 0.15) is 5.69 Å². The molecule has 0 radical (unpaired) electrons. The van der Waals surface area contributed by atoms with Gasteiger partial charge >= 0.3 is 11.7 Å². The third-order valence-electron chi connectivity index (χ3n) is 2.30. The Morgan fingerprint density at radius 2 is 2.32 bits per heavy atom. The Labute approximate surface area is 110 Å². The lowest BCUT2D eigenvalue weighted by Gasteiger charge is -2.08. The molecule has 0 spiro atoms. The summed E-state index contributed by atoms with van der Waals surface area (Å²) in [5.74, 6) is -0.233. The number of nitrogens with one attached hydrogen (secondary N) is 2. The maximum atomic E-state index is 11.1. The molecule has 0 fully saturated rings. The minimum Gasteiger partial charge on any atom is -0.466 e. The van der Waals surface area contributed by atoms with E-state index in [9.17, 15) is 14.9 Å². The van der Waals surface area contributed by atoms with E-state index in [1.54, 1.807) is 14.0 Å². The highest BCUT2D eigenvalue weighted by molar-refractivity contribution is 5.73. The topological polar surface area (TPSA) is 106 Å². The van der Waals surface area contributed by atoms with Gasteiger partial charge in [0.25, 0.3) is 0 Å². The molecule has 19 heavy (non-hydrogen) atoms. The summed E-state index contributed by atoms with van der Waals surface area (Å²) in [5.41, 5.74) is 0.215. The fourth-order valence-electron chi connectivity index (χ4n) is 1.49. The predicted molar refractivity (Wildman–Crippen MR) is 70.2 cm³/mol. The highest BCUT2D eigenvalue weighted by Gasteiger charge is 2.20. The van der Waals surface area contributed by atoms with Crippen molar-refractivity contribution in [2.45, 2.75) is 13.3 Å². The molecule has 104 valence electrons. The van der Waals surface area contributed by atoms with Crippen LogP contribution in [0.25, 0.3) is 0 Å². The summed E-state index contributed by atoms with van der Waals surface area (Å²) in [7, 11) is 1.59. The van der Waals surface area contributed by atoms with Gasteiger partial charge in [-0.1, -0.05) is 0 Å². The first kappa shape index (κ1) is 14.7. The molecule has 0 aromatic carbocycles. The SMILES string of the molecule is CCOC(=O)CCNc1nccc(NC)c1[N+](=O)[O-]. The van der Waals surface area contributed by atoms with Crippen LogP contribution in [0.4, 0.5) is 17.2 Å². The average molecular weight is 268 g/mol. The quantitative estimate of drug-likeness (QED) is 0.437. The van der Waals surface area contributed by atoms with Gasteiger partial charge in [0.15, 0.2) is 0 Å². The lowest BCUT2D eigenvalue weighted by atomic mass is 10.3. The van der Waals surface area contributed by atoms with Gasteiger partial charge in [0.05, 0.1) is 18.0 Å². The second-order valence-corrected chi connectivity index (χ2v) is 3.54. The van der Waals surface area contributed by atoms with Crippen molar-refractivity contribution in [1.82, 2.24) is 4.98 Å². The number of hydrogen-bond acceptors (Lipinski definition) is 7. The molecule has 0 saturated heterocycles. The van der Waals surface area contributed by atoms with Gasteiger partial charge in [0, 0.05) is 19.8 Å². The van der Waals surface area contributed by atoms with E-state index in [1.165, 1.54) is 12.3 Å². The molecule has 2 N–H and O–H groups in total. The number of anilines is 2. The van der Waals surface area contributed by atoms with Gasteiger partial charge in [-0.3, -0.25) is 14.9 Å². The van der Waals surface area contributed by atoms with Crippen LogP contribution in [0, 0.1) is 10.1 Å². The van der Waals surface area contributed by atoms with Gasteiger partial charge in [-0.05, 0) is 13.0 Å². The number of aromatic nitrogens is 1. The molecule has 0 saturated carbocycles. The number of nitrogens with zero attached hydrogens (tertiary/aromatic N) is 2. The van der Waals surface area contributed by atoms with Gasteiger partial charge in [-0.15, -0.1) is 0 Å². The van der Waals surface area contributed by atoms with Crippen LogP contribution in [0.1, 0.15) is 13.3 Å². The number of hydrogen-bond donors (Lipinski definition) is 2. The average Bonchev–Trinajstić information content (AvgIpc) is 2.38. The molecule has 1 aromatic rings. The van der Waals surface area contributed by atoms with E-state index < -0.39 is 4.92 Å². The second-order valence-electron chi connectivity index (χ2n) is 3.54. The lowest BCUT2D eigenvalue weighted by molar-refractivity contribution is -0.383. The fraction of sp³-hybridized carbons (Fsp3) is 0.455. The maximum absolute atomic E-state index is 11.1. The van der Waals surface area contributed by atoms with Crippen LogP contribution in [-0.2, 0) is 9.53 Å². The van der Waals surface area contributed by atoms with Crippen molar-refractivity contribution in [3.05, 3.63) is 22.4 Å². The van der Waals surface area contributed by atoms with Crippen LogP contribution in [0.2, 0.25) is 0 Å².